The minimum Gasteiger partial charge on any atom is -0.354 e. The molecule has 2 heterocycles. The average molecular weight is 394 g/mol. The van der Waals surface area contributed by atoms with E-state index in [2.05, 4.69) is 26.6 Å². The lowest BCUT2D eigenvalue weighted by Gasteiger charge is -2.27. The van der Waals surface area contributed by atoms with Gasteiger partial charge in [-0.2, -0.15) is 0 Å². The van der Waals surface area contributed by atoms with Gasteiger partial charge in [0.05, 0.1) is 11.1 Å². The third-order valence-electron chi connectivity index (χ3n) is 4.25. The number of halogens is 1. The summed E-state index contributed by atoms with van der Waals surface area (Å²) in [6.07, 6.45) is 1.31. The van der Waals surface area contributed by atoms with Gasteiger partial charge < -0.3 is 10.6 Å². The Labute approximate surface area is 146 Å². The van der Waals surface area contributed by atoms with Gasteiger partial charge in [-0.05, 0) is 38.0 Å². The third-order valence-corrected chi connectivity index (χ3v) is 4.74. The van der Waals surface area contributed by atoms with Crippen LogP contribution >= 0.6 is 15.9 Å². The van der Waals surface area contributed by atoms with Crippen molar-refractivity contribution in [3.05, 3.63) is 33.8 Å². The number of fused-ring (bicyclic) bond motifs is 1. The van der Waals surface area contributed by atoms with E-state index in [-0.39, 0.29) is 17.0 Å². The van der Waals surface area contributed by atoms with Crippen molar-refractivity contribution in [1.82, 2.24) is 15.5 Å². The van der Waals surface area contributed by atoms with Crippen LogP contribution in [0.2, 0.25) is 0 Å². The Balaban J connectivity index is 1.76. The molecule has 0 unspecified atom stereocenters. The molecule has 1 fully saturated rings. The smallest absolute Gasteiger partial charge is 0.262 e. The van der Waals surface area contributed by atoms with Gasteiger partial charge in [0, 0.05) is 11.0 Å². The molecule has 0 saturated carbocycles. The number of rotatable bonds is 3. The molecule has 2 N–H and O–H groups in total. The fourth-order valence-corrected chi connectivity index (χ4v) is 3.26. The van der Waals surface area contributed by atoms with Crippen molar-refractivity contribution in [1.29, 1.82) is 0 Å². The van der Waals surface area contributed by atoms with Gasteiger partial charge in [0.15, 0.2) is 0 Å². The largest absolute Gasteiger partial charge is 0.354 e. The predicted octanol–water partition coefficient (Wildman–Crippen LogP) is 0.828. The molecule has 0 radical (unpaired) electrons. The summed E-state index contributed by atoms with van der Waals surface area (Å²) in [6, 6.07) is 3.17. The van der Waals surface area contributed by atoms with E-state index in [1.807, 2.05) is 0 Å². The monoisotopic (exact) mass is 393 g/mol. The van der Waals surface area contributed by atoms with Gasteiger partial charge in [-0.1, -0.05) is 15.9 Å². The fraction of sp³-hybridized carbons (Fsp3) is 0.375. The van der Waals surface area contributed by atoms with Crippen LogP contribution in [0.15, 0.2) is 22.7 Å². The molecule has 0 aromatic heterocycles. The quantitative estimate of drug-likeness (QED) is 0.743. The van der Waals surface area contributed by atoms with E-state index in [4.69, 9.17) is 0 Å². The summed E-state index contributed by atoms with van der Waals surface area (Å²) in [7, 11) is 0. The second-order valence-corrected chi connectivity index (χ2v) is 6.76. The third kappa shape index (κ3) is 2.82. The van der Waals surface area contributed by atoms with Crippen molar-refractivity contribution in [2.75, 3.05) is 6.54 Å². The second kappa shape index (κ2) is 6.35. The number of carbonyl (C=O) groups excluding carboxylic acids is 4. The molecule has 1 saturated heterocycles. The summed E-state index contributed by atoms with van der Waals surface area (Å²) < 4.78 is 0.681. The first-order valence-corrected chi connectivity index (χ1v) is 8.45. The second-order valence-electron chi connectivity index (χ2n) is 5.84. The van der Waals surface area contributed by atoms with E-state index >= 15 is 0 Å². The van der Waals surface area contributed by atoms with E-state index in [1.54, 1.807) is 18.2 Å². The number of piperidine rings is 1. The highest BCUT2D eigenvalue weighted by Crippen LogP contribution is 2.27. The van der Waals surface area contributed by atoms with Gasteiger partial charge in [0.2, 0.25) is 11.8 Å². The zero-order valence-electron chi connectivity index (χ0n) is 13.0. The lowest BCUT2D eigenvalue weighted by atomic mass is 10.1. The highest BCUT2D eigenvalue weighted by atomic mass is 79.9. The first kappa shape index (κ1) is 16.6. The maximum atomic E-state index is 12.5. The molecule has 3 rings (SSSR count). The zero-order valence-corrected chi connectivity index (χ0v) is 14.6. The summed E-state index contributed by atoms with van der Waals surface area (Å²) in [4.78, 5) is 50.0. The Morgan fingerprint density at radius 2 is 2.00 bits per heavy atom. The molecule has 0 spiro atoms. The van der Waals surface area contributed by atoms with Gasteiger partial charge in [0.25, 0.3) is 11.8 Å². The molecular formula is C16H16BrN3O4. The molecule has 4 amide bonds. The minimum atomic E-state index is -0.995. The van der Waals surface area contributed by atoms with Gasteiger partial charge in [-0.15, -0.1) is 0 Å². The van der Waals surface area contributed by atoms with Crippen LogP contribution in [0.5, 0.6) is 0 Å². The molecule has 126 valence electrons. The summed E-state index contributed by atoms with van der Waals surface area (Å²) in [5, 5.41) is 5.30. The predicted molar refractivity (Wildman–Crippen MR) is 88.3 cm³/mol. The lowest BCUT2D eigenvalue weighted by molar-refractivity contribution is -0.131. The molecule has 0 bridgehead atoms. The van der Waals surface area contributed by atoms with Crippen LogP contribution in [-0.4, -0.2) is 47.2 Å². The standard InChI is InChI=1S/C16H16BrN3O4/c1-8(13(21)19-12-3-2-6-18-14(12)22)20-15(23)10-5-4-9(17)7-11(10)16(20)24/h4-5,7-8,12H,2-3,6H2,1H3,(H,18,22)(H,19,21)/t8-,12-/m0/s1. The maximum Gasteiger partial charge on any atom is 0.262 e. The molecule has 2 aliphatic heterocycles. The Bertz CT molecular complexity index is 749. The number of hydrogen-bond donors (Lipinski definition) is 2. The number of amides is 4. The number of benzene rings is 1. The Morgan fingerprint density at radius 1 is 1.29 bits per heavy atom. The molecule has 2 aliphatic rings. The number of hydrogen-bond acceptors (Lipinski definition) is 4. The van der Waals surface area contributed by atoms with Crippen molar-refractivity contribution in [2.45, 2.75) is 31.8 Å². The topological polar surface area (TPSA) is 95.6 Å². The SMILES string of the molecule is C[C@@H](C(=O)N[C@H]1CCCNC1=O)N1C(=O)c2ccc(Br)cc2C1=O. The first-order chi connectivity index (χ1) is 11.4. The van der Waals surface area contributed by atoms with E-state index in [0.717, 1.165) is 11.3 Å². The highest BCUT2D eigenvalue weighted by Gasteiger charge is 2.41. The number of imide groups is 1. The maximum absolute atomic E-state index is 12.5. The fourth-order valence-electron chi connectivity index (χ4n) is 2.90. The van der Waals surface area contributed by atoms with E-state index in [9.17, 15) is 19.2 Å². The first-order valence-electron chi connectivity index (χ1n) is 7.65. The molecule has 7 nitrogen and oxygen atoms in total. The van der Waals surface area contributed by atoms with Crippen molar-refractivity contribution < 1.29 is 19.2 Å². The molecule has 24 heavy (non-hydrogen) atoms. The van der Waals surface area contributed by atoms with Crippen molar-refractivity contribution in [3.8, 4) is 0 Å². The number of carbonyl (C=O) groups is 4. The lowest BCUT2D eigenvalue weighted by Crippen LogP contribution is -2.55. The minimum absolute atomic E-state index is 0.243. The van der Waals surface area contributed by atoms with Crippen LogP contribution < -0.4 is 10.6 Å². The molecular weight excluding hydrogens is 378 g/mol. The summed E-state index contributed by atoms with van der Waals surface area (Å²) in [5.74, 6) is -1.77. The van der Waals surface area contributed by atoms with Gasteiger partial charge in [0.1, 0.15) is 12.1 Å². The van der Waals surface area contributed by atoms with E-state index < -0.39 is 29.8 Å². The van der Waals surface area contributed by atoms with Crippen molar-refractivity contribution >= 4 is 39.6 Å². The molecule has 8 heteroatoms. The number of nitrogens with zero attached hydrogens (tertiary/aromatic N) is 1. The van der Waals surface area contributed by atoms with E-state index in [1.165, 1.54) is 6.92 Å². The molecule has 2 atom stereocenters. The van der Waals surface area contributed by atoms with Crippen molar-refractivity contribution in [2.24, 2.45) is 0 Å². The normalized spacial score (nSPS) is 21.3. The van der Waals surface area contributed by atoms with Crippen LogP contribution in [-0.2, 0) is 9.59 Å². The Hall–Kier alpha value is -2.22. The van der Waals surface area contributed by atoms with Gasteiger partial charge in [-0.3, -0.25) is 24.1 Å². The summed E-state index contributed by atoms with van der Waals surface area (Å²) in [6.45, 7) is 2.07. The van der Waals surface area contributed by atoms with Gasteiger partial charge in [-0.25, -0.2) is 0 Å². The molecule has 1 aromatic rings. The van der Waals surface area contributed by atoms with E-state index in [0.29, 0.717) is 17.4 Å². The Morgan fingerprint density at radius 3 is 2.71 bits per heavy atom. The highest BCUT2D eigenvalue weighted by molar-refractivity contribution is 9.10. The van der Waals surface area contributed by atoms with Gasteiger partial charge >= 0.3 is 0 Å². The zero-order chi connectivity index (χ0) is 17.4. The van der Waals surface area contributed by atoms with Crippen LogP contribution in [0.25, 0.3) is 0 Å². The van der Waals surface area contributed by atoms with Crippen LogP contribution in [0.1, 0.15) is 40.5 Å². The number of nitrogens with one attached hydrogen (secondary N) is 2. The molecule has 1 aromatic carbocycles. The molecule has 0 aliphatic carbocycles. The average Bonchev–Trinajstić information content (AvgIpc) is 2.79. The Kier molecular flexibility index (Phi) is 4.40. The van der Waals surface area contributed by atoms with Crippen LogP contribution in [0.4, 0.5) is 0 Å². The van der Waals surface area contributed by atoms with Crippen LogP contribution in [0, 0.1) is 0 Å². The summed E-state index contributed by atoms with van der Waals surface area (Å²) >= 11 is 3.26. The van der Waals surface area contributed by atoms with Crippen LogP contribution in [0.3, 0.4) is 0 Å². The van der Waals surface area contributed by atoms with Crippen molar-refractivity contribution in [3.63, 3.8) is 0 Å². The summed E-state index contributed by atoms with van der Waals surface area (Å²) in [5.41, 5.74) is 0.544.